The fraction of sp³-hybridized carbons (Fsp3) is 0.519. The second kappa shape index (κ2) is 13.9. The second-order valence-corrected chi connectivity index (χ2v) is 8.61. The Morgan fingerprint density at radius 1 is 1.00 bits per heavy atom. The Bertz CT molecular complexity index is 969. The van der Waals surface area contributed by atoms with Gasteiger partial charge in [0.15, 0.2) is 11.5 Å². The monoisotopic (exact) mass is 488 g/mol. The normalized spacial score (nSPS) is 13.3. The van der Waals surface area contributed by atoms with Crippen molar-refractivity contribution < 1.29 is 28.1 Å². The summed E-state index contributed by atoms with van der Waals surface area (Å²) >= 11 is 0. The molecule has 1 aliphatic heterocycles. The summed E-state index contributed by atoms with van der Waals surface area (Å²) in [6.45, 7) is 5.48. The van der Waals surface area contributed by atoms with Crippen LogP contribution in [0.25, 0.3) is 0 Å². The molecule has 8 heteroatoms. The van der Waals surface area contributed by atoms with E-state index in [-0.39, 0.29) is 25.7 Å². The first kappa shape index (κ1) is 26.8. The molecule has 0 bridgehead atoms. The van der Waals surface area contributed by atoms with E-state index in [1.807, 2.05) is 19.1 Å². The predicted octanol–water partition coefficient (Wildman–Crippen LogP) is 3.95. The molecule has 0 atom stereocenters. The topological polar surface area (TPSA) is 69.3 Å². The van der Waals surface area contributed by atoms with Gasteiger partial charge >= 0.3 is 0 Å². The lowest BCUT2D eigenvalue weighted by molar-refractivity contribution is 0.0872. The molecule has 1 amide bonds. The van der Waals surface area contributed by atoms with Crippen molar-refractivity contribution in [1.82, 2.24) is 10.2 Å². The molecule has 0 aliphatic carbocycles. The van der Waals surface area contributed by atoms with Crippen LogP contribution in [-0.2, 0) is 17.7 Å². The molecule has 0 saturated heterocycles. The quantitative estimate of drug-likeness (QED) is 0.406. The van der Waals surface area contributed by atoms with Gasteiger partial charge in [-0.3, -0.25) is 9.69 Å². The minimum atomic E-state index is -0.521. The predicted molar refractivity (Wildman–Crippen MR) is 134 cm³/mol. The van der Waals surface area contributed by atoms with Crippen LogP contribution in [0.2, 0.25) is 0 Å². The molecule has 2 aromatic carbocycles. The molecular formula is C27H37FN2O5. The van der Waals surface area contributed by atoms with Gasteiger partial charge in [0.05, 0.1) is 33.0 Å². The van der Waals surface area contributed by atoms with Crippen molar-refractivity contribution in [2.45, 2.75) is 32.7 Å². The summed E-state index contributed by atoms with van der Waals surface area (Å²) in [5, 5.41) is 3.01. The number of alkyl halides is 1. The number of unbranched alkanes of at least 4 members (excludes halogenated alkanes) is 1. The third kappa shape index (κ3) is 7.83. The van der Waals surface area contributed by atoms with Crippen molar-refractivity contribution in [2.75, 3.05) is 60.3 Å². The van der Waals surface area contributed by atoms with E-state index >= 15 is 0 Å². The number of carbonyl (C=O) groups excluding carboxylic acids is 1. The van der Waals surface area contributed by atoms with Gasteiger partial charge in [-0.05, 0) is 68.1 Å². The van der Waals surface area contributed by atoms with Gasteiger partial charge in [0.25, 0.3) is 5.91 Å². The van der Waals surface area contributed by atoms with Gasteiger partial charge in [-0.2, -0.15) is 0 Å². The molecule has 7 nitrogen and oxygen atoms in total. The molecule has 1 N–H and O–H groups in total. The van der Waals surface area contributed by atoms with Gasteiger partial charge < -0.3 is 24.3 Å². The average Bonchev–Trinajstić information content (AvgIpc) is 2.87. The lowest BCUT2D eigenvalue weighted by Gasteiger charge is -2.29. The van der Waals surface area contributed by atoms with E-state index in [4.69, 9.17) is 18.9 Å². The number of hydrogen-bond acceptors (Lipinski definition) is 6. The molecule has 1 heterocycles. The number of nitrogens with zero attached hydrogens (tertiary/aromatic N) is 1. The Morgan fingerprint density at radius 2 is 1.77 bits per heavy atom. The third-order valence-electron chi connectivity index (χ3n) is 6.07. The minimum absolute atomic E-state index is 0.0531. The number of rotatable bonds is 14. The molecule has 0 fully saturated rings. The number of methoxy groups -OCH3 is 2. The maximum Gasteiger partial charge on any atom is 0.255 e. The van der Waals surface area contributed by atoms with Crippen LogP contribution in [0, 0.1) is 6.92 Å². The molecule has 1 aliphatic rings. The minimum Gasteiger partial charge on any atom is -0.493 e. The van der Waals surface area contributed by atoms with E-state index in [0.29, 0.717) is 17.9 Å². The lowest BCUT2D eigenvalue weighted by atomic mass is 9.98. The Kier molecular flexibility index (Phi) is 10.6. The van der Waals surface area contributed by atoms with Crippen LogP contribution in [0.1, 0.15) is 39.9 Å². The highest BCUT2D eigenvalue weighted by Gasteiger charge is 2.19. The fourth-order valence-electron chi connectivity index (χ4n) is 4.20. The molecule has 0 saturated carbocycles. The molecule has 3 rings (SSSR count). The highest BCUT2D eigenvalue weighted by molar-refractivity contribution is 5.97. The van der Waals surface area contributed by atoms with Crippen LogP contribution in [-0.4, -0.2) is 71.2 Å². The zero-order chi connectivity index (χ0) is 25.0. The summed E-state index contributed by atoms with van der Waals surface area (Å²) in [4.78, 5) is 15.2. The fourth-order valence-corrected chi connectivity index (χ4v) is 4.20. The van der Waals surface area contributed by atoms with Gasteiger partial charge in [-0.15, -0.1) is 0 Å². The maximum absolute atomic E-state index is 12.8. The standard InChI is InChI=1S/C27H37FN2O5/c1-20-6-7-24(35-15-14-34-13-9-28)23(16-20)27(31)29-10-4-5-11-30-12-8-21-17-25(32-2)26(33-3)18-22(21)19-30/h6-7,16-18H,4-5,8-15,19H2,1-3H3,(H,29,31). The van der Waals surface area contributed by atoms with Crippen molar-refractivity contribution in [2.24, 2.45) is 0 Å². The number of amides is 1. The van der Waals surface area contributed by atoms with Crippen LogP contribution in [0.4, 0.5) is 4.39 Å². The summed E-state index contributed by atoms with van der Waals surface area (Å²) < 4.78 is 33.8. The van der Waals surface area contributed by atoms with Crippen molar-refractivity contribution >= 4 is 5.91 Å². The Balaban J connectivity index is 1.42. The van der Waals surface area contributed by atoms with Crippen LogP contribution in [0.3, 0.4) is 0 Å². The molecule has 0 spiro atoms. The molecule has 0 radical (unpaired) electrons. The van der Waals surface area contributed by atoms with Crippen LogP contribution < -0.4 is 19.5 Å². The number of carbonyl (C=O) groups is 1. The first-order chi connectivity index (χ1) is 17.0. The lowest BCUT2D eigenvalue weighted by Crippen LogP contribution is -2.32. The van der Waals surface area contributed by atoms with Crippen LogP contribution in [0.5, 0.6) is 17.2 Å². The molecule has 35 heavy (non-hydrogen) atoms. The smallest absolute Gasteiger partial charge is 0.255 e. The van der Waals surface area contributed by atoms with Gasteiger partial charge in [0.2, 0.25) is 0 Å². The zero-order valence-electron chi connectivity index (χ0n) is 21.0. The Labute approximate surface area is 207 Å². The van der Waals surface area contributed by atoms with Crippen molar-refractivity contribution in [3.63, 3.8) is 0 Å². The maximum atomic E-state index is 12.8. The molecule has 192 valence electrons. The van der Waals surface area contributed by atoms with Crippen LogP contribution in [0.15, 0.2) is 30.3 Å². The number of nitrogens with one attached hydrogen (secondary N) is 1. The van der Waals surface area contributed by atoms with E-state index in [2.05, 4.69) is 22.3 Å². The number of ether oxygens (including phenoxy) is 4. The Hall–Kier alpha value is -2.84. The largest absolute Gasteiger partial charge is 0.493 e. The first-order valence-corrected chi connectivity index (χ1v) is 12.2. The average molecular weight is 489 g/mol. The van der Waals surface area contributed by atoms with Gasteiger partial charge in [0.1, 0.15) is 19.0 Å². The van der Waals surface area contributed by atoms with E-state index in [0.717, 1.165) is 56.0 Å². The van der Waals surface area contributed by atoms with Crippen molar-refractivity contribution in [1.29, 1.82) is 0 Å². The summed E-state index contributed by atoms with van der Waals surface area (Å²) in [7, 11) is 3.33. The number of fused-ring (bicyclic) bond motifs is 1. The highest BCUT2D eigenvalue weighted by atomic mass is 19.1. The van der Waals surface area contributed by atoms with Gasteiger partial charge in [-0.25, -0.2) is 4.39 Å². The second-order valence-electron chi connectivity index (χ2n) is 8.61. The first-order valence-electron chi connectivity index (χ1n) is 12.2. The van der Waals surface area contributed by atoms with E-state index in [9.17, 15) is 9.18 Å². The van der Waals surface area contributed by atoms with Crippen molar-refractivity contribution in [3.8, 4) is 17.2 Å². The molecular weight excluding hydrogens is 451 g/mol. The highest BCUT2D eigenvalue weighted by Crippen LogP contribution is 2.33. The summed E-state index contributed by atoms with van der Waals surface area (Å²) in [6.07, 6.45) is 2.87. The number of aryl methyl sites for hydroxylation is 1. The number of hydrogen-bond donors (Lipinski definition) is 1. The molecule has 2 aromatic rings. The van der Waals surface area contributed by atoms with Crippen LogP contribution >= 0.6 is 0 Å². The number of halogens is 1. The van der Waals surface area contributed by atoms with Crippen molar-refractivity contribution in [3.05, 3.63) is 52.6 Å². The zero-order valence-corrected chi connectivity index (χ0v) is 21.0. The van der Waals surface area contributed by atoms with E-state index < -0.39 is 6.67 Å². The molecule has 0 unspecified atom stereocenters. The van der Waals surface area contributed by atoms with Gasteiger partial charge in [-0.1, -0.05) is 11.6 Å². The van der Waals surface area contributed by atoms with E-state index in [1.165, 1.54) is 11.1 Å². The summed E-state index contributed by atoms with van der Waals surface area (Å²) in [5.74, 6) is 1.91. The summed E-state index contributed by atoms with van der Waals surface area (Å²) in [6, 6.07) is 9.67. The van der Waals surface area contributed by atoms with Gasteiger partial charge in [0, 0.05) is 19.6 Å². The van der Waals surface area contributed by atoms with E-state index in [1.54, 1.807) is 20.3 Å². The molecule has 0 aromatic heterocycles. The Morgan fingerprint density at radius 3 is 2.51 bits per heavy atom. The SMILES string of the molecule is COc1cc2c(cc1OC)CN(CCCCNC(=O)c1cc(C)ccc1OCCOCCF)CC2. The number of benzene rings is 2. The summed E-state index contributed by atoms with van der Waals surface area (Å²) in [5.41, 5.74) is 4.09. The third-order valence-corrected chi connectivity index (χ3v) is 6.07.